The number of rotatable bonds is 11. The van der Waals surface area contributed by atoms with Crippen LogP contribution in [0.25, 0.3) is 22.0 Å². The summed E-state index contributed by atoms with van der Waals surface area (Å²) in [6.45, 7) is 2.18. The van der Waals surface area contributed by atoms with Gasteiger partial charge in [-0.15, -0.1) is 0 Å². The molecule has 0 saturated heterocycles. The molecule has 1 heterocycles. The normalized spacial score (nSPS) is 14.7. The molecule has 1 atom stereocenters. The van der Waals surface area contributed by atoms with Gasteiger partial charge in [0.2, 0.25) is 0 Å². The standard InChI is InChI=1S/C27H28AsClF3NO3S/c1-2-10-28(14-16-3-4-16)11-9-19(34)15-37-25-24(21-13-18(29)6-8-23(21)35)20-12-17(27(30,31)32)5-7-22(20)33-26(25)36/h5-8,12-13,16,35H,2-4,9-11,14-15H2,1H3,(H,33,36). The number of nitrogens with one attached hydrogen (secondary N) is 1. The van der Waals surface area contributed by atoms with E-state index in [1.54, 1.807) is 0 Å². The average Bonchev–Trinajstić information content (AvgIpc) is 3.66. The molecular weight excluding hydrogens is 586 g/mol. The number of phenolic OH excluding ortho intramolecular Hbond substituents is 1. The zero-order valence-electron chi connectivity index (χ0n) is 20.3. The monoisotopic (exact) mass is 613 g/mol. The van der Waals surface area contributed by atoms with E-state index in [0.29, 0.717) is 6.42 Å². The Morgan fingerprint density at radius 1 is 1.19 bits per heavy atom. The molecular formula is C27H28AsClF3NO3S. The molecule has 10 heteroatoms. The summed E-state index contributed by atoms with van der Waals surface area (Å²) in [5.41, 5.74) is -0.957. The van der Waals surface area contributed by atoms with E-state index in [-0.39, 0.29) is 49.2 Å². The van der Waals surface area contributed by atoms with Crippen LogP contribution >= 0.6 is 23.4 Å². The van der Waals surface area contributed by atoms with E-state index in [4.69, 9.17) is 11.6 Å². The van der Waals surface area contributed by atoms with Crippen molar-refractivity contribution < 1.29 is 23.1 Å². The number of aromatic amines is 1. The number of aromatic hydroxyl groups is 1. The van der Waals surface area contributed by atoms with Crippen LogP contribution in [0.5, 0.6) is 5.75 Å². The van der Waals surface area contributed by atoms with Crippen molar-refractivity contribution in [1.82, 2.24) is 4.98 Å². The number of hydrogen-bond acceptors (Lipinski definition) is 4. The Morgan fingerprint density at radius 2 is 1.95 bits per heavy atom. The Kier molecular flexibility index (Phi) is 9.03. The van der Waals surface area contributed by atoms with Gasteiger partial charge >= 0.3 is 228 Å². The van der Waals surface area contributed by atoms with E-state index in [0.717, 1.165) is 41.4 Å². The fourth-order valence-electron chi connectivity index (χ4n) is 4.35. The SMILES string of the molecule is CCC[As](CCC(=O)CSc1c(-c2cc(Cl)ccc2O)c2cc(C(F)(F)F)ccc2[nH]c1=O)CC1CC1. The number of pyridine rings is 1. The number of benzene rings is 2. The van der Waals surface area contributed by atoms with Gasteiger partial charge in [-0.3, -0.25) is 0 Å². The van der Waals surface area contributed by atoms with E-state index in [1.165, 1.54) is 47.5 Å². The molecule has 0 radical (unpaired) electrons. The Balaban J connectivity index is 1.67. The molecule has 0 aliphatic heterocycles. The number of carbonyl (C=O) groups excluding carboxylic acids is 1. The molecule has 2 N–H and O–H groups in total. The molecule has 4 nitrogen and oxygen atoms in total. The summed E-state index contributed by atoms with van der Waals surface area (Å²) in [5.74, 6) is 0.665. The van der Waals surface area contributed by atoms with E-state index in [1.807, 2.05) is 0 Å². The molecule has 0 spiro atoms. The number of thioether (sulfide) groups is 1. The molecule has 1 unspecified atom stereocenters. The zero-order chi connectivity index (χ0) is 26.7. The molecule has 37 heavy (non-hydrogen) atoms. The summed E-state index contributed by atoms with van der Waals surface area (Å²) < 4.78 is 40.6. The molecule has 0 amide bonds. The van der Waals surface area contributed by atoms with Gasteiger partial charge in [0.05, 0.1) is 0 Å². The first-order valence-corrected chi connectivity index (χ1v) is 17.5. The van der Waals surface area contributed by atoms with Crippen molar-refractivity contribution in [2.24, 2.45) is 5.92 Å². The number of fused-ring (bicyclic) bond motifs is 1. The minimum atomic E-state index is -4.60. The van der Waals surface area contributed by atoms with Gasteiger partial charge in [-0.1, -0.05) is 0 Å². The number of phenols is 1. The Labute approximate surface area is 227 Å². The van der Waals surface area contributed by atoms with E-state index >= 15 is 0 Å². The number of alkyl halides is 3. The fourth-order valence-corrected chi connectivity index (χ4v) is 11.6. The van der Waals surface area contributed by atoms with Crippen LogP contribution in [0.15, 0.2) is 46.1 Å². The molecule has 1 aromatic heterocycles. The quantitative estimate of drug-likeness (QED) is 0.170. The first kappa shape index (κ1) is 28.1. The molecule has 1 saturated carbocycles. The molecule has 2 aromatic carbocycles. The van der Waals surface area contributed by atoms with Crippen LogP contribution in [-0.2, 0) is 11.0 Å². The summed E-state index contributed by atoms with van der Waals surface area (Å²) in [7, 11) is 0. The predicted molar refractivity (Wildman–Crippen MR) is 145 cm³/mol. The molecule has 1 fully saturated rings. The van der Waals surface area contributed by atoms with Gasteiger partial charge in [0, 0.05) is 0 Å². The first-order valence-electron chi connectivity index (χ1n) is 12.2. The maximum absolute atomic E-state index is 13.5. The maximum atomic E-state index is 13.5. The number of halogens is 4. The second-order valence-corrected chi connectivity index (χ2v) is 16.3. The van der Waals surface area contributed by atoms with E-state index < -0.39 is 32.0 Å². The summed E-state index contributed by atoms with van der Waals surface area (Å²) >= 11 is 6.10. The van der Waals surface area contributed by atoms with Crippen molar-refractivity contribution in [3.8, 4) is 16.9 Å². The van der Waals surface area contributed by atoms with Crippen LogP contribution in [0.1, 0.15) is 38.2 Å². The molecule has 1 aliphatic rings. The fraction of sp³-hybridized carbons (Fsp3) is 0.407. The topological polar surface area (TPSA) is 70.2 Å². The molecule has 1 aliphatic carbocycles. The zero-order valence-corrected chi connectivity index (χ0v) is 23.8. The van der Waals surface area contributed by atoms with Crippen molar-refractivity contribution >= 4 is 54.7 Å². The van der Waals surface area contributed by atoms with Crippen LogP contribution in [0.3, 0.4) is 0 Å². The third-order valence-corrected chi connectivity index (χ3v) is 14.0. The Hall–Kier alpha value is -1.89. The van der Waals surface area contributed by atoms with Crippen molar-refractivity contribution in [2.45, 2.75) is 59.3 Å². The van der Waals surface area contributed by atoms with Crippen LogP contribution in [0.2, 0.25) is 20.6 Å². The summed E-state index contributed by atoms with van der Waals surface area (Å²) in [6.07, 6.45) is -0.395. The van der Waals surface area contributed by atoms with E-state index in [9.17, 15) is 27.9 Å². The van der Waals surface area contributed by atoms with Crippen LogP contribution in [0, 0.1) is 5.92 Å². The number of H-pyrrole nitrogens is 1. The minimum absolute atomic E-state index is 0.0149. The van der Waals surface area contributed by atoms with Crippen LogP contribution in [-0.4, -0.2) is 36.3 Å². The van der Waals surface area contributed by atoms with Gasteiger partial charge in [-0.05, 0) is 0 Å². The number of ketones is 1. The van der Waals surface area contributed by atoms with Gasteiger partial charge in [0.25, 0.3) is 0 Å². The molecule has 198 valence electrons. The van der Waals surface area contributed by atoms with E-state index in [2.05, 4.69) is 11.9 Å². The Bertz CT molecular complexity index is 1360. The second kappa shape index (κ2) is 11.9. The van der Waals surface area contributed by atoms with Gasteiger partial charge in [0.1, 0.15) is 0 Å². The van der Waals surface area contributed by atoms with Crippen LogP contribution < -0.4 is 5.56 Å². The van der Waals surface area contributed by atoms with Gasteiger partial charge in [0.15, 0.2) is 0 Å². The number of aromatic nitrogens is 1. The second-order valence-electron chi connectivity index (χ2n) is 9.40. The van der Waals surface area contributed by atoms with Crippen molar-refractivity contribution in [3.63, 3.8) is 0 Å². The Morgan fingerprint density at radius 3 is 2.62 bits per heavy atom. The first-order chi connectivity index (χ1) is 17.6. The number of hydrogen-bond donors (Lipinski definition) is 2. The van der Waals surface area contributed by atoms with Crippen molar-refractivity contribution in [3.05, 3.63) is 57.3 Å². The van der Waals surface area contributed by atoms with Crippen molar-refractivity contribution in [2.75, 3.05) is 5.75 Å². The summed E-state index contributed by atoms with van der Waals surface area (Å²) in [6, 6.07) is 7.24. The third-order valence-electron chi connectivity index (χ3n) is 6.36. The summed E-state index contributed by atoms with van der Waals surface area (Å²) in [4.78, 5) is 28.6. The average molecular weight is 614 g/mol. The molecule has 0 bridgehead atoms. The predicted octanol–water partition coefficient (Wildman–Crippen LogP) is 7.94. The van der Waals surface area contributed by atoms with Gasteiger partial charge in [-0.2, -0.15) is 0 Å². The molecule has 4 rings (SSSR count). The van der Waals surface area contributed by atoms with Crippen LogP contribution in [0.4, 0.5) is 13.2 Å². The number of Topliss-reactive ketones (excluding diaryl/α,β-unsaturated/α-hetero) is 1. The summed E-state index contributed by atoms with van der Waals surface area (Å²) in [5, 5.41) is 14.4. The third kappa shape index (κ3) is 7.15. The molecule has 3 aromatic rings. The van der Waals surface area contributed by atoms with Crippen molar-refractivity contribution in [1.29, 1.82) is 0 Å². The number of carbonyl (C=O) groups is 1. The van der Waals surface area contributed by atoms with Gasteiger partial charge in [-0.25, -0.2) is 0 Å². The van der Waals surface area contributed by atoms with Gasteiger partial charge < -0.3 is 0 Å².